The van der Waals surface area contributed by atoms with Crippen LogP contribution in [0.2, 0.25) is 0 Å². The maximum Gasteiger partial charge on any atom is 0.416 e. The topological polar surface area (TPSA) is 75.7 Å². The maximum absolute atomic E-state index is 12.7. The molecule has 0 atom stereocenters. The molecule has 0 aliphatic rings. The van der Waals surface area contributed by atoms with E-state index in [9.17, 15) is 18.4 Å². The Kier molecular flexibility index (Phi) is 4.29. The molecule has 1 aromatic carbocycles. The normalized spacial score (nSPS) is 11.1. The second kappa shape index (κ2) is 6.41. The molecule has 0 radical (unpaired) electrons. The molecular weight excluding hydrogens is 353 g/mol. The van der Waals surface area contributed by atoms with Crippen molar-refractivity contribution in [2.75, 3.05) is 5.32 Å². The average Bonchev–Trinajstić information content (AvgIpc) is 3.02. The van der Waals surface area contributed by atoms with Gasteiger partial charge in [0, 0.05) is 11.1 Å². The molecule has 2 heterocycles. The third-order valence-electron chi connectivity index (χ3n) is 3.21. The van der Waals surface area contributed by atoms with E-state index in [1.165, 1.54) is 35.7 Å². The first-order valence-electron chi connectivity index (χ1n) is 6.89. The number of rotatable bonds is 3. The van der Waals surface area contributed by atoms with Crippen molar-refractivity contribution in [2.45, 2.75) is 6.18 Å². The van der Waals surface area contributed by atoms with Crippen LogP contribution in [0.15, 0.2) is 48.1 Å². The number of halogens is 3. The Labute approximate surface area is 144 Å². The van der Waals surface area contributed by atoms with E-state index in [0.29, 0.717) is 21.1 Å². The lowest BCUT2D eigenvalue weighted by molar-refractivity contribution is -0.605. The Morgan fingerprint density at radius 1 is 1.24 bits per heavy atom. The van der Waals surface area contributed by atoms with Crippen molar-refractivity contribution >= 4 is 22.2 Å². The number of pyridine rings is 1. The molecule has 2 aromatic heterocycles. The quantitative estimate of drug-likeness (QED) is 0.563. The van der Waals surface area contributed by atoms with Crippen LogP contribution in [0.4, 0.5) is 24.0 Å². The number of anilines is 2. The van der Waals surface area contributed by atoms with Gasteiger partial charge in [-0.3, -0.25) is 0 Å². The van der Waals surface area contributed by atoms with Gasteiger partial charge in [-0.2, -0.15) is 23.2 Å². The molecule has 0 amide bonds. The van der Waals surface area contributed by atoms with Gasteiger partial charge in [-0.05, 0) is 24.3 Å². The lowest BCUT2D eigenvalue weighted by atomic mass is 10.2. The minimum Gasteiger partial charge on any atom is -0.619 e. The van der Waals surface area contributed by atoms with E-state index >= 15 is 0 Å². The largest absolute Gasteiger partial charge is 0.619 e. The summed E-state index contributed by atoms with van der Waals surface area (Å²) in [6.45, 7) is 0. The number of nitrogens with zero attached hydrogens (tertiary/aromatic N) is 3. The number of hydrogen-bond acceptors (Lipinski definition) is 5. The molecule has 25 heavy (non-hydrogen) atoms. The highest BCUT2D eigenvalue weighted by atomic mass is 32.1. The number of alkyl halides is 3. The van der Waals surface area contributed by atoms with Crippen molar-refractivity contribution in [3.8, 4) is 17.3 Å². The first-order valence-corrected chi connectivity index (χ1v) is 7.77. The van der Waals surface area contributed by atoms with Crippen LogP contribution in [0.25, 0.3) is 11.3 Å². The monoisotopic (exact) mass is 362 g/mol. The minimum absolute atomic E-state index is 0.188. The fourth-order valence-corrected chi connectivity index (χ4v) is 2.86. The lowest BCUT2D eigenvalue weighted by Gasteiger charge is -2.08. The van der Waals surface area contributed by atoms with Crippen LogP contribution in [-0.2, 0) is 6.18 Å². The maximum atomic E-state index is 12.7. The summed E-state index contributed by atoms with van der Waals surface area (Å²) >= 11 is 1.17. The first-order chi connectivity index (χ1) is 11.8. The molecule has 126 valence electrons. The predicted octanol–water partition coefficient (Wildman–Crippen LogP) is 4.08. The zero-order valence-electron chi connectivity index (χ0n) is 12.4. The Bertz CT molecular complexity index is 962. The standard InChI is InChI=1S/C16H9F3N4OS/c17-16(18,19)12-2-1-3-13(5-12)21-15-22-14(9-25-15)11-4-10(6-20)7-23(24)8-11/h1-5,7-9H,(H,21,22). The zero-order valence-corrected chi connectivity index (χ0v) is 13.2. The number of aromatic nitrogens is 2. The molecule has 0 unspecified atom stereocenters. The number of hydrogen-bond donors (Lipinski definition) is 1. The second-order valence-electron chi connectivity index (χ2n) is 5.03. The van der Waals surface area contributed by atoms with Gasteiger partial charge in [0.2, 0.25) is 0 Å². The molecule has 9 heteroatoms. The molecule has 0 spiro atoms. The zero-order chi connectivity index (χ0) is 18.0. The highest BCUT2D eigenvalue weighted by molar-refractivity contribution is 7.14. The van der Waals surface area contributed by atoms with Crippen molar-refractivity contribution in [1.29, 1.82) is 5.26 Å². The average molecular weight is 362 g/mol. The van der Waals surface area contributed by atoms with E-state index < -0.39 is 11.7 Å². The van der Waals surface area contributed by atoms with Crippen molar-refractivity contribution in [1.82, 2.24) is 4.98 Å². The van der Waals surface area contributed by atoms with E-state index in [0.717, 1.165) is 18.3 Å². The summed E-state index contributed by atoms with van der Waals surface area (Å²) < 4.78 is 38.7. The lowest BCUT2D eigenvalue weighted by Crippen LogP contribution is -2.25. The van der Waals surface area contributed by atoms with Gasteiger partial charge in [0.05, 0.1) is 16.8 Å². The number of nitriles is 1. The fourth-order valence-electron chi connectivity index (χ4n) is 2.12. The van der Waals surface area contributed by atoms with Gasteiger partial charge in [0.1, 0.15) is 11.6 Å². The van der Waals surface area contributed by atoms with Gasteiger partial charge >= 0.3 is 6.18 Å². The molecule has 1 N–H and O–H groups in total. The number of benzene rings is 1. The van der Waals surface area contributed by atoms with Crippen molar-refractivity contribution < 1.29 is 17.9 Å². The van der Waals surface area contributed by atoms with Crippen molar-refractivity contribution in [2.24, 2.45) is 0 Å². The first kappa shape index (κ1) is 16.7. The van der Waals surface area contributed by atoms with Crippen molar-refractivity contribution in [3.05, 3.63) is 64.4 Å². The smallest absolute Gasteiger partial charge is 0.416 e. The van der Waals surface area contributed by atoms with Gasteiger partial charge in [0.25, 0.3) is 0 Å². The van der Waals surface area contributed by atoms with Crippen LogP contribution in [0.1, 0.15) is 11.1 Å². The number of nitrogens with one attached hydrogen (secondary N) is 1. The van der Waals surface area contributed by atoms with E-state index in [-0.39, 0.29) is 11.3 Å². The summed E-state index contributed by atoms with van der Waals surface area (Å²) in [6.07, 6.45) is -2.02. The third kappa shape index (κ3) is 3.87. The molecule has 3 rings (SSSR count). The van der Waals surface area contributed by atoms with Crippen LogP contribution in [-0.4, -0.2) is 4.98 Å². The molecule has 0 bridgehead atoms. The predicted molar refractivity (Wildman–Crippen MR) is 86.0 cm³/mol. The highest BCUT2D eigenvalue weighted by Gasteiger charge is 2.30. The summed E-state index contributed by atoms with van der Waals surface area (Å²) in [5.41, 5.74) is 0.570. The van der Waals surface area contributed by atoms with Crippen LogP contribution in [0, 0.1) is 16.5 Å². The Morgan fingerprint density at radius 2 is 2.04 bits per heavy atom. The number of thiazole rings is 1. The van der Waals surface area contributed by atoms with Crippen molar-refractivity contribution in [3.63, 3.8) is 0 Å². The van der Waals surface area contributed by atoms with E-state index in [2.05, 4.69) is 10.3 Å². The van der Waals surface area contributed by atoms with Gasteiger partial charge in [-0.25, -0.2) is 4.98 Å². The van der Waals surface area contributed by atoms with Gasteiger partial charge in [-0.1, -0.05) is 6.07 Å². The second-order valence-corrected chi connectivity index (χ2v) is 5.88. The molecular formula is C16H9F3N4OS. The minimum atomic E-state index is -4.43. The van der Waals surface area contributed by atoms with Crippen LogP contribution in [0.3, 0.4) is 0 Å². The summed E-state index contributed by atoms with van der Waals surface area (Å²) in [5, 5.41) is 25.2. The van der Waals surface area contributed by atoms with Gasteiger partial charge in [0.15, 0.2) is 17.5 Å². The summed E-state index contributed by atoms with van der Waals surface area (Å²) in [4.78, 5) is 4.25. The van der Waals surface area contributed by atoms with Crippen LogP contribution in [0.5, 0.6) is 0 Å². The molecule has 5 nitrogen and oxygen atoms in total. The van der Waals surface area contributed by atoms with E-state index in [1.54, 1.807) is 5.38 Å². The molecule has 0 aliphatic carbocycles. The Balaban J connectivity index is 1.86. The Morgan fingerprint density at radius 3 is 2.76 bits per heavy atom. The SMILES string of the molecule is N#Cc1cc(-c2csc(Nc3cccc(C(F)(F)F)c3)n2)c[n+]([O-])c1. The molecule has 0 saturated carbocycles. The van der Waals surface area contributed by atoms with E-state index in [4.69, 9.17) is 5.26 Å². The molecule has 0 fully saturated rings. The highest BCUT2D eigenvalue weighted by Crippen LogP contribution is 2.32. The van der Waals surface area contributed by atoms with Crippen LogP contribution >= 0.6 is 11.3 Å². The summed E-state index contributed by atoms with van der Waals surface area (Å²) in [5.74, 6) is 0. The fraction of sp³-hybridized carbons (Fsp3) is 0.0625. The van der Waals surface area contributed by atoms with Gasteiger partial charge < -0.3 is 10.5 Å². The summed E-state index contributed by atoms with van der Waals surface area (Å²) in [6, 6.07) is 8.16. The summed E-state index contributed by atoms with van der Waals surface area (Å²) in [7, 11) is 0. The van der Waals surface area contributed by atoms with E-state index in [1.807, 2.05) is 6.07 Å². The molecule has 3 aromatic rings. The third-order valence-corrected chi connectivity index (χ3v) is 3.97. The molecule has 0 aliphatic heterocycles. The van der Waals surface area contributed by atoms with Crippen LogP contribution < -0.4 is 10.0 Å². The Hall–Kier alpha value is -3.12. The molecule has 0 saturated heterocycles. The van der Waals surface area contributed by atoms with Gasteiger partial charge in [-0.15, -0.1) is 11.3 Å².